The summed E-state index contributed by atoms with van der Waals surface area (Å²) in [5, 5.41) is 7.77. The lowest BCUT2D eigenvalue weighted by Crippen LogP contribution is -2.24. The normalized spacial score (nSPS) is 12.6. The maximum absolute atomic E-state index is 4.50. The Kier molecular flexibility index (Phi) is 5.10. The van der Waals surface area contributed by atoms with Crippen LogP contribution in [-0.2, 0) is 13.5 Å². The molecule has 5 heteroatoms. The molecule has 2 aromatic rings. The number of aryl methyl sites for hydroxylation is 1. The molecule has 0 aliphatic rings. The average molecular weight is 323 g/mol. The zero-order chi connectivity index (χ0) is 13.7. The van der Waals surface area contributed by atoms with Crippen molar-refractivity contribution < 1.29 is 0 Å². The van der Waals surface area contributed by atoms with E-state index in [2.05, 4.69) is 50.5 Å². The summed E-state index contributed by atoms with van der Waals surface area (Å²) in [6.07, 6.45) is 7.83. The Morgan fingerprint density at radius 1 is 1.37 bits per heavy atom. The van der Waals surface area contributed by atoms with Crippen LogP contribution in [0.4, 0.5) is 0 Å². The fourth-order valence-corrected chi connectivity index (χ4v) is 2.24. The molecule has 1 unspecified atom stereocenters. The molecular formula is C14H19BrN4. The Labute approximate surface area is 122 Å². The first kappa shape index (κ1) is 14.2. The van der Waals surface area contributed by atoms with Gasteiger partial charge in [-0.2, -0.15) is 5.10 Å². The van der Waals surface area contributed by atoms with Gasteiger partial charge in [-0.1, -0.05) is 6.92 Å². The molecular weight excluding hydrogens is 304 g/mol. The van der Waals surface area contributed by atoms with Crippen molar-refractivity contribution in [1.82, 2.24) is 20.1 Å². The number of halogens is 1. The van der Waals surface area contributed by atoms with Crippen LogP contribution in [0.1, 0.15) is 30.6 Å². The molecule has 0 radical (unpaired) electrons. The second kappa shape index (κ2) is 6.82. The molecule has 2 heterocycles. The third-order valence-electron chi connectivity index (χ3n) is 2.95. The zero-order valence-corrected chi connectivity index (χ0v) is 12.9. The Hall–Kier alpha value is -1.20. The summed E-state index contributed by atoms with van der Waals surface area (Å²) in [6, 6.07) is 4.33. The first-order valence-electron chi connectivity index (χ1n) is 6.51. The third kappa shape index (κ3) is 4.14. The molecule has 19 heavy (non-hydrogen) atoms. The van der Waals surface area contributed by atoms with Gasteiger partial charge in [-0.05, 0) is 53.0 Å². The standard InChI is InChI=1S/C14H19BrN4/c1-3-6-16-14(7-11-8-18-19(2)10-11)13-5-4-12(15)9-17-13/h4-5,8-10,14,16H,3,6-7H2,1-2H3. The molecule has 1 N–H and O–H groups in total. The van der Waals surface area contributed by atoms with Crippen molar-refractivity contribution in [3.05, 3.63) is 46.5 Å². The van der Waals surface area contributed by atoms with Crippen molar-refractivity contribution in [2.45, 2.75) is 25.8 Å². The SMILES string of the molecule is CCCNC(Cc1cnn(C)c1)c1ccc(Br)cn1. The van der Waals surface area contributed by atoms with Crippen LogP contribution in [0.2, 0.25) is 0 Å². The van der Waals surface area contributed by atoms with Crippen LogP contribution in [-0.4, -0.2) is 21.3 Å². The van der Waals surface area contributed by atoms with E-state index in [1.54, 1.807) is 0 Å². The minimum atomic E-state index is 0.234. The Bertz CT molecular complexity index is 506. The highest BCUT2D eigenvalue weighted by molar-refractivity contribution is 9.10. The molecule has 2 rings (SSSR count). The van der Waals surface area contributed by atoms with E-state index in [0.29, 0.717) is 0 Å². The minimum absolute atomic E-state index is 0.234. The number of hydrogen-bond donors (Lipinski definition) is 1. The van der Waals surface area contributed by atoms with Gasteiger partial charge < -0.3 is 5.32 Å². The lowest BCUT2D eigenvalue weighted by atomic mass is 10.1. The van der Waals surface area contributed by atoms with Crippen molar-refractivity contribution in [3.8, 4) is 0 Å². The first-order valence-corrected chi connectivity index (χ1v) is 7.30. The van der Waals surface area contributed by atoms with Crippen LogP contribution in [0.15, 0.2) is 35.2 Å². The van der Waals surface area contributed by atoms with Gasteiger partial charge in [0.05, 0.1) is 17.9 Å². The van der Waals surface area contributed by atoms with Gasteiger partial charge >= 0.3 is 0 Å². The summed E-state index contributed by atoms with van der Waals surface area (Å²) >= 11 is 3.42. The largest absolute Gasteiger partial charge is 0.308 e. The highest BCUT2D eigenvalue weighted by Gasteiger charge is 2.13. The average Bonchev–Trinajstić information content (AvgIpc) is 2.81. The zero-order valence-electron chi connectivity index (χ0n) is 11.3. The summed E-state index contributed by atoms with van der Waals surface area (Å²) in [5.41, 5.74) is 2.29. The molecule has 0 fully saturated rings. The molecule has 0 aromatic carbocycles. The molecule has 4 nitrogen and oxygen atoms in total. The number of hydrogen-bond acceptors (Lipinski definition) is 3. The number of nitrogens with one attached hydrogen (secondary N) is 1. The predicted octanol–water partition coefficient (Wildman–Crippen LogP) is 2.86. The monoisotopic (exact) mass is 322 g/mol. The molecule has 0 aliphatic heterocycles. The number of rotatable bonds is 6. The topological polar surface area (TPSA) is 42.7 Å². The van der Waals surface area contributed by atoms with Gasteiger partial charge in [0.25, 0.3) is 0 Å². The molecule has 0 amide bonds. The van der Waals surface area contributed by atoms with Gasteiger partial charge in [0, 0.05) is 23.9 Å². The van der Waals surface area contributed by atoms with Crippen LogP contribution >= 0.6 is 15.9 Å². The van der Waals surface area contributed by atoms with Crippen LogP contribution in [0.25, 0.3) is 0 Å². The summed E-state index contributed by atoms with van der Waals surface area (Å²) in [4.78, 5) is 4.50. The summed E-state index contributed by atoms with van der Waals surface area (Å²) in [7, 11) is 1.94. The lowest BCUT2D eigenvalue weighted by molar-refractivity contribution is 0.517. The molecule has 102 valence electrons. The maximum atomic E-state index is 4.50. The molecule has 1 atom stereocenters. The Balaban J connectivity index is 2.13. The van der Waals surface area contributed by atoms with Crippen molar-refractivity contribution in [1.29, 1.82) is 0 Å². The highest BCUT2D eigenvalue weighted by atomic mass is 79.9. The fourth-order valence-electron chi connectivity index (χ4n) is 2.01. The van der Waals surface area contributed by atoms with Gasteiger partial charge in [0.1, 0.15) is 0 Å². The third-order valence-corrected chi connectivity index (χ3v) is 3.42. The first-order chi connectivity index (χ1) is 9.19. The second-order valence-electron chi connectivity index (χ2n) is 4.63. The van der Waals surface area contributed by atoms with Gasteiger partial charge in [0.2, 0.25) is 0 Å². The van der Waals surface area contributed by atoms with Crippen molar-refractivity contribution in [2.24, 2.45) is 7.05 Å². The summed E-state index contributed by atoms with van der Waals surface area (Å²) in [6.45, 7) is 3.16. The predicted molar refractivity (Wildman–Crippen MR) is 79.9 cm³/mol. The quantitative estimate of drug-likeness (QED) is 0.889. The molecule has 0 aliphatic carbocycles. The lowest BCUT2D eigenvalue weighted by Gasteiger charge is -2.17. The van der Waals surface area contributed by atoms with Gasteiger partial charge in [-0.25, -0.2) is 0 Å². The number of pyridine rings is 1. The van der Waals surface area contributed by atoms with E-state index in [4.69, 9.17) is 0 Å². The maximum Gasteiger partial charge on any atom is 0.0577 e. The fraction of sp³-hybridized carbons (Fsp3) is 0.429. The van der Waals surface area contributed by atoms with Gasteiger partial charge in [-0.3, -0.25) is 9.67 Å². The van der Waals surface area contributed by atoms with Gasteiger partial charge in [-0.15, -0.1) is 0 Å². The van der Waals surface area contributed by atoms with E-state index in [0.717, 1.165) is 29.6 Å². The molecule has 0 saturated carbocycles. The van der Waals surface area contributed by atoms with E-state index >= 15 is 0 Å². The van der Waals surface area contributed by atoms with Crippen LogP contribution < -0.4 is 5.32 Å². The van der Waals surface area contributed by atoms with Crippen molar-refractivity contribution >= 4 is 15.9 Å². The smallest absolute Gasteiger partial charge is 0.0577 e. The molecule has 0 spiro atoms. The van der Waals surface area contributed by atoms with Crippen LogP contribution in [0, 0.1) is 0 Å². The van der Waals surface area contributed by atoms with Gasteiger partial charge in [0.15, 0.2) is 0 Å². The van der Waals surface area contributed by atoms with E-state index in [1.807, 2.05) is 30.2 Å². The Morgan fingerprint density at radius 2 is 2.21 bits per heavy atom. The van der Waals surface area contributed by atoms with Crippen LogP contribution in [0.5, 0.6) is 0 Å². The summed E-state index contributed by atoms with van der Waals surface area (Å²) < 4.78 is 2.84. The van der Waals surface area contributed by atoms with Crippen molar-refractivity contribution in [3.63, 3.8) is 0 Å². The van der Waals surface area contributed by atoms with Crippen LogP contribution in [0.3, 0.4) is 0 Å². The van der Waals surface area contributed by atoms with E-state index < -0.39 is 0 Å². The van der Waals surface area contributed by atoms with Crippen molar-refractivity contribution in [2.75, 3.05) is 6.54 Å². The highest BCUT2D eigenvalue weighted by Crippen LogP contribution is 2.18. The Morgan fingerprint density at radius 3 is 2.79 bits per heavy atom. The minimum Gasteiger partial charge on any atom is -0.308 e. The number of aromatic nitrogens is 3. The van der Waals surface area contributed by atoms with E-state index in [-0.39, 0.29) is 6.04 Å². The van der Waals surface area contributed by atoms with E-state index in [9.17, 15) is 0 Å². The number of nitrogens with zero attached hydrogens (tertiary/aromatic N) is 3. The molecule has 2 aromatic heterocycles. The molecule has 0 bridgehead atoms. The molecule has 0 saturated heterocycles. The summed E-state index contributed by atoms with van der Waals surface area (Å²) in [5.74, 6) is 0. The second-order valence-corrected chi connectivity index (χ2v) is 5.55. The van der Waals surface area contributed by atoms with E-state index in [1.165, 1.54) is 5.56 Å².